The second-order valence-corrected chi connectivity index (χ2v) is 3.19. The molecule has 0 amide bonds. The summed E-state index contributed by atoms with van der Waals surface area (Å²) in [5, 5.41) is 0. The normalized spacial score (nSPS) is 10.4. The van der Waals surface area contributed by atoms with Crippen LogP contribution < -0.4 is 0 Å². The topological polar surface area (TPSA) is 26.3 Å². The maximum atomic E-state index is 10.7. The second-order valence-electron chi connectivity index (χ2n) is 3.19. The lowest BCUT2D eigenvalue weighted by molar-refractivity contribution is -0.140. The molecule has 0 aliphatic carbocycles. The van der Waals surface area contributed by atoms with Crippen molar-refractivity contribution in [1.82, 2.24) is 0 Å². The fourth-order valence-electron chi connectivity index (χ4n) is 1.18. The number of esters is 1. The molecule has 0 radical (unpaired) electrons. The van der Waals surface area contributed by atoms with Crippen LogP contribution in [0.5, 0.6) is 0 Å². The van der Waals surface area contributed by atoms with E-state index < -0.39 is 0 Å². The van der Waals surface area contributed by atoms with E-state index in [1.54, 1.807) is 6.08 Å². The molecule has 0 aromatic rings. The van der Waals surface area contributed by atoms with E-state index in [0.717, 1.165) is 19.3 Å². The maximum absolute atomic E-state index is 10.7. The van der Waals surface area contributed by atoms with E-state index in [9.17, 15) is 4.79 Å². The molecule has 2 heteroatoms. The summed E-state index contributed by atoms with van der Waals surface area (Å²) in [5.74, 6) is -0.100. The Kier molecular flexibility index (Phi) is 9.28. The monoisotopic (exact) mass is 196 g/mol. The molecular weight excluding hydrogens is 176 g/mol. The minimum atomic E-state index is -0.100. The largest absolute Gasteiger partial charge is 0.469 e. The van der Waals surface area contributed by atoms with Crippen LogP contribution >= 0.6 is 0 Å². The van der Waals surface area contributed by atoms with E-state index in [1.165, 1.54) is 20.0 Å². The van der Waals surface area contributed by atoms with Crippen molar-refractivity contribution >= 4 is 5.97 Å². The molecule has 0 bridgehead atoms. The Morgan fingerprint density at radius 1 is 1.29 bits per heavy atom. The van der Waals surface area contributed by atoms with Gasteiger partial charge in [0.15, 0.2) is 0 Å². The van der Waals surface area contributed by atoms with Crippen LogP contribution in [0.25, 0.3) is 0 Å². The van der Waals surface area contributed by atoms with Gasteiger partial charge in [0.2, 0.25) is 0 Å². The predicted molar refractivity (Wildman–Crippen MR) is 59.1 cm³/mol. The molecule has 0 rings (SSSR count). The summed E-state index contributed by atoms with van der Waals surface area (Å²) < 4.78 is 4.55. The molecule has 0 saturated heterocycles. The van der Waals surface area contributed by atoms with Crippen LogP contribution in [-0.4, -0.2) is 13.1 Å². The Hall–Kier alpha value is -1.05. The molecule has 0 aliphatic heterocycles. The molecule has 80 valence electrons. The smallest absolute Gasteiger partial charge is 0.305 e. The number of unbranched alkanes of at least 4 members (excludes halogenated alkanes) is 4. The van der Waals surface area contributed by atoms with Gasteiger partial charge in [-0.3, -0.25) is 4.79 Å². The second kappa shape index (κ2) is 10.0. The first-order valence-corrected chi connectivity index (χ1v) is 5.15. The van der Waals surface area contributed by atoms with Gasteiger partial charge >= 0.3 is 5.97 Å². The van der Waals surface area contributed by atoms with E-state index >= 15 is 0 Å². The lowest BCUT2D eigenvalue weighted by Crippen LogP contribution is -1.98. The van der Waals surface area contributed by atoms with E-state index in [4.69, 9.17) is 0 Å². The minimum absolute atomic E-state index is 0.100. The van der Waals surface area contributed by atoms with Crippen molar-refractivity contribution in [2.75, 3.05) is 7.11 Å². The molecule has 14 heavy (non-hydrogen) atoms. The van der Waals surface area contributed by atoms with Crippen molar-refractivity contribution in [2.45, 2.75) is 38.5 Å². The third-order valence-electron chi connectivity index (χ3n) is 2.00. The van der Waals surface area contributed by atoms with Crippen LogP contribution in [0, 0.1) is 0 Å². The highest BCUT2D eigenvalue weighted by molar-refractivity contribution is 5.68. The Balaban J connectivity index is 3.10. The van der Waals surface area contributed by atoms with Gasteiger partial charge in [0.1, 0.15) is 0 Å². The summed E-state index contributed by atoms with van der Waals surface area (Å²) in [5.41, 5.74) is 0. The van der Waals surface area contributed by atoms with Gasteiger partial charge in [-0.2, -0.15) is 0 Å². The standard InChI is InChI=1S/C12H20O2/c1-3-4-5-6-7-8-9-10-11-12(13)14-2/h3-5H,1,6-11H2,2H3/b5-4+. The zero-order valence-electron chi connectivity index (χ0n) is 9.00. The fraction of sp³-hybridized carbons (Fsp3) is 0.583. The summed E-state index contributed by atoms with van der Waals surface area (Å²) >= 11 is 0. The molecule has 0 heterocycles. The third kappa shape index (κ3) is 9.04. The van der Waals surface area contributed by atoms with Gasteiger partial charge in [0.25, 0.3) is 0 Å². The molecule has 0 atom stereocenters. The average molecular weight is 196 g/mol. The molecule has 0 aliphatic rings. The molecule has 0 fully saturated rings. The molecule has 0 saturated carbocycles. The van der Waals surface area contributed by atoms with Crippen molar-refractivity contribution in [2.24, 2.45) is 0 Å². The van der Waals surface area contributed by atoms with Crippen molar-refractivity contribution in [3.63, 3.8) is 0 Å². The van der Waals surface area contributed by atoms with Crippen LogP contribution in [0.1, 0.15) is 38.5 Å². The van der Waals surface area contributed by atoms with Gasteiger partial charge in [-0.15, -0.1) is 0 Å². The van der Waals surface area contributed by atoms with Crippen LogP contribution in [0.15, 0.2) is 24.8 Å². The molecule has 2 nitrogen and oxygen atoms in total. The molecule has 0 unspecified atom stereocenters. The van der Waals surface area contributed by atoms with E-state index in [2.05, 4.69) is 17.4 Å². The van der Waals surface area contributed by atoms with Gasteiger partial charge in [0.05, 0.1) is 7.11 Å². The number of carbonyl (C=O) groups excluding carboxylic acids is 1. The Bertz CT molecular complexity index is 183. The van der Waals surface area contributed by atoms with Crippen LogP contribution in [-0.2, 0) is 9.53 Å². The molecule has 0 N–H and O–H groups in total. The number of methoxy groups -OCH3 is 1. The van der Waals surface area contributed by atoms with Crippen molar-refractivity contribution < 1.29 is 9.53 Å². The van der Waals surface area contributed by atoms with Gasteiger partial charge in [-0.05, 0) is 19.3 Å². The number of allylic oxidation sites excluding steroid dienone is 3. The quantitative estimate of drug-likeness (QED) is 0.338. The molecule has 0 aromatic carbocycles. The predicted octanol–water partition coefficient (Wildman–Crippen LogP) is 3.24. The highest BCUT2D eigenvalue weighted by atomic mass is 16.5. The summed E-state index contributed by atoms with van der Waals surface area (Å²) in [6, 6.07) is 0. The molecular formula is C12H20O2. The van der Waals surface area contributed by atoms with Crippen LogP contribution in [0.3, 0.4) is 0 Å². The first kappa shape index (κ1) is 12.9. The van der Waals surface area contributed by atoms with Gasteiger partial charge < -0.3 is 4.74 Å². The summed E-state index contributed by atoms with van der Waals surface area (Å²) in [4.78, 5) is 10.7. The van der Waals surface area contributed by atoms with E-state index in [0.29, 0.717) is 6.42 Å². The van der Waals surface area contributed by atoms with Gasteiger partial charge in [-0.1, -0.05) is 37.6 Å². The SMILES string of the molecule is C=C/C=C/CCCCCCC(=O)OC. The lowest BCUT2D eigenvalue weighted by Gasteiger charge is -1.98. The maximum Gasteiger partial charge on any atom is 0.305 e. The number of carbonyl (C=O) groups is 1. The number of ether oxygens (including phenoxy) is 1. The van der Waals surface area contributed by atoms with E-state index in [-0.39, 0.29) is 5.97 Å². The lowest BCUT2D eigenvalue weighted by atomic mass is 10.1. The minimum Gasteiger partial charge on any atom is -0.469 e. The average Bonchev–Trinajstić information content (AvgIpc) is 2.21. The zero-order chi connectivity index (χ0) is 10.6. The van der Waals surface area contributed by atoms with Crippen molar-refractivity contribution in [3.8, 4) is 0 Å². The third-order valence-corrected chi connectivity index (χ3v) is 2.00. The first-order valence-electron chi connectivity index (χ1n) is 5.15. The molecule has 0 spiro atoms. The Morgan fingerprint density at radius 3 is 2.64 bits per heavy atom. The number of hydrogen-bond donors (Lipinski definition) is 0. The highest BCUT2D eigenvalue weighted by Crippen LogP contribution is 2.06. The van der Waals surface area contributed by atoms with Crippen LogP contribution in [0.2, 0.25) is 0 Å². The fourth-order valence-corrected chi connectivity index (χ4v) is 1.18. The first-order chi connectivity index (χ1) is 6.81. The van der Waals surface area contributed by atoms with Gasteiger partial charge in [-0.25, -0.2) is 0 Å². The summed E-state index contributed by atoms with van der Waals surface area (Å²) in [6.07, 6.45) is 11.9. The summed E-state index contributed by atoms with van der Waals surface area (Å²) in [7, 11) is 1.43. The Morgan fingerprint density at radius 2 is 2.00 bits per heavy atom. The van der Waals surface area contributed by atoms with E-state index in [1.807, 2.05) is 6.08 Å². The number of rotatable bonds is 8. The summed E-state index contributed by atoms with van der Waals surface area (Å²) in [6.45, 7) is 3.60. The van der Waals surface area contributed by atoms with Crippen LogP contribution in [0.4, 0.5) is 0 Å². The van der Waals surface area contributed by atoms with Crippen molar-refractivity contribution in [1.29, 1.82) is 0 Å². The van der Waals surface area contributed by atoms with Crippen molar-refractivity contribution in [3.05, 3.63) is 24.8 Å². The molecule has 0 aromatic heterocycles. The zero-order valence-corrected chi connectivity index (χ0v) is 9.00. The number of hydrogen-bond acceptors (Lipinski definition) is 2. The highest BCUT2D eigenvalue weighted by Gasteiger charge is 1.98. The van der Waals surface area contributed by atoms with Gasteiger partial charge in [0, 0.05) is 6.42 Å². The Labute approximate surface area is 86.6 Å².